The fourth-order valence-corrected chi connectivity index (χ4v) is 2.37. The molecule has 0 spiro atoms. The molecule has 1 fully saturated rings. The topological polar surface area (TPSA) is 49.2 Å². The Balaban J connectivity index is 2.19. The Morgan fingerprint density at radius 2 is 1.75 bits per heavy atom. The molecule has 0 N–H and O–H groups in total. The molecule has 0 aromatic carbocycles. The second kappa shape index (κ2) is 4.98. The van der Waals surface area contributed by atoms with Gasteiger partial charge in [0.05, 0.1) is 19.9 Å². The van der Waals surface area contributed by atoms with Crippen molar-refractivity contribution in [1.29, 1.82) is 0 Å². The zero-order valence-corrected chi connectivity index (χ0v) is 12.4. The summed E-state index contributed by atoms with van der Waals surface area (Å²) < 4.78 is 12.7. The van der Waals surface area contributed by atoms with Gasteiger partial charge in [0.2, 0.25) is 11.8 Å². The summed E-state index contributed by atoms with van der Waals surface area (Å²) in [4.78, 5) is 9.04. The lowest BCUT2D eigenvalue weighted by Crippen LogP contribution is -2.05. The van der Waals surface area contributed by atoms with Gasteiger partial charge in [-0.25, -0.2) is 0 Å². The minimum atomic E-state index is 0.434. The predicted octanol–water partition coefficient (Wildman–Crippen LogP) is 3.03. The molecule has 2 aromatic rings. The Bertz CT molecular complexity index is 625. The molecule has 5 nitrogen and oxygen atoms in total. The van der Waals surface area contributed by atoms with Gasteiger partial charge in [0.1, 0.15) is 16.5 Å². The maximum Gasteiger partial charge on any atom is 0.229 e. The number of methoxy groups -OCH3 is 2. The van der Waals surface area contributed by atoms with Crippen molar-refractivity contribution >= 4 is 11.6 Å². The average Bonchev–Trinajstić information content (AvgIpc) is 3.26. The highest BCUT2D eigenvalue weighted by atomic mass is 35.5. The molecule has 20 heavy (non-hydrogen) atoms. The molecule has 6 heteroatoms. The zero-order valence-electron chi connectivity index (χ0n) is 11.7. The Labute approximate surface area is 122 Å². The molecule has 106 valence electrons. The third kappa shape index (κ3) is 2.12. The van der Waals surface area contributed by atoms with E-state index in [1.54, 1.807) is 14.2 Å². The molecule has 0 radical (unpaired) electrons. The van der Waals surface area contributed by atoms with Crippen molar-refractivity contribution in [3.8, 4) is 23.0 Å². The fourth-order valence-electron chi connectivity index (χ4n) is 2.21. The minimum Gasteiger partial charge on any atom is -0.480 e. The first kappa shape index (κ1) is 13.2. The summed E-state index contributed by atoms with van der Waals surface area (Å²) in [6.07, 6.45) is 2.25. The predicted molar refractivity (Wildman–Crippen MR) is 76.5 cm³/mol. The number of aromatic nitrogens is 3. The maximum absolute atomic E-state index is 6.10. The molecule has 0 bridgehead atoms. The van der Waals surface area contributed by atoms with E-state index in [2.05, 4.69) is 9.97 Å². The summed E-state index contributed by atoms with van der Waals surface area (Å²) in [5.74, 6) is 2.28. The Morgan fingerprint density at radius 3 is 2.15 bits per heavy atom. The molecular weight excluding hydrogens is 278 g/mol. The van der Waals surface area contributed by atoms with Crippen molar-refractivity contribution < 1.29 is 9.47 Å². The van der Waals surface area contributed by atoms with Crippen LogP contribution in [0.5, 0.6) is 11.8 Å². The van der Waals surface area contributed by atoms with Crippen molar-refractivity contribution in [2.45, 2.75) is 18.8 Å². The molecule has 0 saturated heterocycles. The first-order valence-corrected chi connectivity index (χ1v) is 6.85. The van der Waals surface area contributed by atoms with E-state index < -0.39 is 0 Å². The van der Waals surface area contributed by atoms with Crippen LogP contribution in [-0.2, 0) is 7.05 Å². The first-order valence-electron chi connectivity index (χ1n) is 6.47. The van der Waals surface area contributed by atoms with E-state index in [1.807, 2.05) is 23.7 Å². The third-order valence-electron chi connectivity index (χ3n) is 3.51. The van der Waals surface area contributed by atoms with Crippen molar-refractivity contribution in [2.24, 2.45) is 7.05 Å². The summed E-state index contributed by atoms with van der Waals surface area (Å²) in [5.41, 5.74) is 1.60. The van der Waals surface area contributed by atoms with Crippen molar-refractivity contribution in [1.82, 2.24) is 14.5 Å². The molecule has 0 atom stereocenters. The summed E-state index contributed by atoms with van der Waals surface area (Å²) in [6, 6.07) is 3.73. The van der Waals surface area contributed by atoms with Crippen molar-refractivity contribution in [3.05, 3.63) is 23.1 Å². The van der Waals surface area contributed by atoms with Crippen LogP contribution in [0.25, 0.3) is 11.3 Å². The van der Waals surface area contributed by atoms with Crippen molar-refractivity contribution in [2.75, 3.05) is 14.2 Å². The van der Waals surface area contributed by atoms with Crippen LogP contribution in [0.2, 0.25) is 5.15 Å². The van der Waals surface area contributed by atoms with Gasteiger partial charge in [-0.05, 0) is 25.0 Å². The normalized spacial score (nSPS) is 14.4. The van der Waals surface area contributed by atoms with E-state index in [0.29, 0.717) is 22.8 Å². The lowest BCUT2D eigenvalue weighted by atomic mass is 10.2. The van der Waals surface area contributed by atoms with Gasteiger partial charge in [-0.2, -0.15) is 9.97 Å². The fraction of sp³-hybridized carbons (Fsp3) is 0.429. The van der Waals surface area contributed by atoms with E-state index >= 15 is 0 Å². The molecule has 2 heterocycles. The van der Waals surface area contributed by atoms with Gasteiger partial charge in [0.15, 0.2) is 0 Å². The number of ether oxygens (including phenoxy) is 2. The van der Waals surface area contributed by atoms with Gasteiger partial charge < -0.3 is 14.0 Å². The van der Waals surface area contributed by atoms with Crippen molar-refractivity contribution in [3.63, 3.8) is 0 Å². The molecule has 2 aromatic heterocycles. The molecule has 0 unspecified atom stereocenters. The molecule has 1 aliphatic carbocycles. The average molecular weight is 294 g/mol. The second-order valence-electron chi connectivity index (χ2n) is 4.85. The maximum atomic E-state index is 6.10. The molecular formula is C14H16ClN3O2. The van der Waals surface area contributed by atoms with E-state index in [4.69, 9.17) is 21.1 Å². The highest BCUT2D eigenvalue weighted by molar-refractivity contribution is 6.29. The quantitative estimate of drug-likeness (QED) is 0.869. The van der Waals surface area contributed by atoms with Gasteiger partial charge in [0, 0.05) is 13.0 Å². The van der Waals surface area contributed by atoms with Gasteiger partial charge in [-0.1, -0.05) is 11.6 Å². The summed E-state index contributed by atoms with van der Waals surface area (Å²) in [7, 11) is 5.09. The van der Waals surface area contributed by atoms with Crippen LogP contribution in [0.15, 0.2) is 12.1 Å². The summed E-state index contributed by atoms with van der Waals surface area (Å²) in [6.45, 7) is 0. The molecule has 1 saturated carbocycles. The number of nitrogens with zero attached hydrogens (tertiary/aromatic N) is 3. The number of halogens is 1. The third-order valence-corrected chi connectivity index (χ3v) is 3.89. The highest BCUT2D eigenvalue weighted by Gasteiger charge is 2.30. The van der Waals surface area contributed by atoms with Crippen LogP contribution in [-0.4, -0.2) is 28.8 Å². The second-order valence-corrected chi connectivity index (χ2v) is 5.24. The lowest BCUT2D eigenvalue weighted by Gasteiger charge is -2.14. The smallest absolute Gasteiger partial charge is 0.229 e. The molecule has 0 amide bonds. The van der Waals surface area contributed by atoms with Crippen LogP contribution in [0.3, 0.4) is 0 Å². The van der Waals surface area contributed by atoms with Gasteiger partial charge >= 0.3 is 0 Å². The van der Waals surface area contributed by atoms with Crippen LogP contribution < -0.4 is 9.47 Å². The molecule has 1 aliphatic rings. The van der Waals surface area contributed by atoms with Crippen LogP contribution in [0, 0.1) is 0 Å². The van der Waals surface area contributed by atoms with E-state index in [0.717, 1.165) is 29.9 Å². The minimum absolute atomic E-state index is 0.434. The van der Waals surface area contributed by atoms with Gasteiger partial charge in [-0.3, -0.25) is 0 Å². The van der Waals surface area contributed by atoms with Crippen LogP contribution in [0.1, 0.15) is 24.6 Å². The number of rotatable bonds is 4. The monoisotopic (exact) mass is 293 g/mol. The Morgan fingerprint density at radius 1 is 1.15 bits per heavy atom. The summed E-state index contributed by atoms with van der Waals surface area (Å²) in [5, 5.41) is 0.635. The Kier molecular flexibility index (Phi) is 3.30. The standard InChI is InChI=1S/C14H16ClN3O2/c1-18-9(6-7-10(18)15)11-13(19-2)16-12(8-4-5-8)17-14(11)20-3/h6-8H,4-5H2,1-3H3. The largest absolute Gasteiger partial charge is 0.480 e. The van der Waals surface area contributed by atoms with Gasteiger partial charge in [-0.15, -0.1) is 0 Å². The van der Waals surface area contributed by atoms with Crippen LogP contribution in [0.4, 0.5) is 0 Å². The lowest BCUT2D eigenvalue weighted by molar-refractivity contribution is 0.371. The van der Waals surface area contributed by atoms with E-state index in [1.165, 1.54) is 0 Å². The highest BCUT2D eigenvalue weighted by Crippen LogP contribution is 2.43. The zero-order chi connectivity index (χ0) is 14.3. The SMILES string of the molecule is COc1nc(C2CC2)nc(OC)c1-c1ccc(Cl)n1C. The first-order chi connectivity index (χ1) is 9.65. The van der Waals surface area contributed by atoms with E-state index in [-0.39, 0.29) is 0 Å². The van der Waals surface area contributed by atoms with E-state index in [9.17, 15) is 0 Å². The molecule has 0 aliphatic heterocycles. The van der Waals surface area contributed by atoms with Crippen LogP contribution >= 0.6 is 11.6 Å². The summed E-state index contributed by atoms with van der Waals surface area (Å²) >= 11 is 6.10. The number of hydrogen-bond acceptors (Lipinski definition) is 4. The Hall–Kier alpha value is -1.75. The molecule has 3 rings (SSSR count). The van der Waals surface area contributed by atoms with Gasteiger partial charge in [0.25, 0.3) is 0 Å². The number of hydrogen-bond donors (Lipinski definition) is 0.